The Hall–Kier alpha value is -1.61. The first-order chi connectivity index (χ1) is 8.01. The van der Waals surface area contributed by atoms with Gasteiger partial charge in [0.1, 0.15) is 0 Å². The second-order valence-electron chi connectivity index (χ2n) is 4.45. The van der Waals surface area contributed by atoms with Gasteiger partial charge in [-0.25, -0.2) is 8.42 Å². The van der Waals surface area contributed by atoms with E-state index in [1.165, 1.54) is 0 Å². The topological polar surface area (TPSA) is 34.1 Å². The number of rotatable bonds is 0. The summed E-state index contributed by atoms with van der Waals surface area (Å²) in [7, 11) is -3.31. The number of sulfone groups is 1. The van der Waals surface area contributed by atoms with Gasteiger partial charge in [-0.2, -0.15) is 0 Å². The molecule has 1 aliphatic rings. The first-order valence-electron chi connectivity index (χ1n) is 5.47. The Balaban J connectivity index is 2.54. The molecule has 0 radical (unpaired) electrons. The lowest BCUT2D eigenvalue weighted by atomic mass is 9.99. The maximum absolute atomic E-state index is 12.4. The van der Waals surface area contributed by atoms with Crippen LogP contribution in [0.4, 0.5) is 0 Å². The first-order valence-corrected chi connectivity index (χ1v) is 6.96. The van der Waals surface area contributed by atoms with Gasteiger partial charge in [0.15, 0.2) is 0 Å². The minimum Gasteiger partial charge on any atom is -0.218 e. The third kappa shape index (κ3) is 1.29. The van der Waals surface area contributed by atoms with E-state index in [0.717, 1.165) is 22.3 Å². The van der Waals surface area contributed by atoms with Crippen molar-refractivity contribution in [2.75, 3.05) is 0 Å². The number of aryl methyl sites for hydroxylation is 2. The lowest BCUT2D eigenvalue weighted by molar-refractivity contribution is 0.598. The molecule has 3 rings (SSSR count). The Kier molecular flexibility index (Phi) is 1.98. The van der Waals surface area contributed by atoms with Crippen molar-refractivity contribution < 1.29 is 8.42 Å². The average molecular weight is 244 g/mol. The Morgan fingerprint density at radius 1 is 0.941 bits per heavy atom. The zero-order chi connectivity index (χ0) is 12.2. The van der Waals surface area contributed by atoms with E-state index in [2.05, 4.69) is 0 Å². The van der Waals surface area contributed by atoms with E-state index in [4.69, 9.17) is 0 Å². The lowest BCUT2D eigenvalue weighted by Crippen LogP contribution is -1.97. The molecule has 2 aromatic carbocycles. The molecular formula is C14H12O2S. The highest BCUT2D eigenvalue weighted by Crippen LogP contribution is 2.44. The SMILES string of the molecule is Cc1cc(C)c2c(c1)S(=O)(=O)c1ccccc1-2. The number of fused-ring (bicyclic) bond motifs is 3. The van der Waals surface area contributed by atoms with Crippen LogP contribution in [0.5, 0.6) is 0 Å². The quantitative estimate of drug-likeness (QED) is 0.609. The van der Waals surface area contributed by atoms with Crippen LogP contribution >= 0.6 is 0 Å². The van der Waals surface area contributed by atoms with E-state index >= 15 is 0 Å². The van der Waals surface area contributed by atoms with Gasteiger partial charge in [0, 0.05) is 11.1 Å². The Morgan fingerprint density at radius 3 is 2.41 bits per heavy atom. The molecule has 0 atom stereocenters. The molecule has 0 fully saturated rings. The van der Waals surface area contributed by atoms with Crippen molar-refractivity contribution in [3.05, 3.63) is 47.5 Å². The smallest absolute Gasteiger partial charge is 0.207 e. The molecule has 0 spiro atoms. The van der Waals surface area contributed by atoms with E-state index in [1.54, 1.807) is 18.2 Å². The van der Waals surface area contributed by atoms with Crippen molar-refractivity contribution in [3.8, 4) is 11.1 Å². The van der Waals surface area contributed by atoms with Gasteiger partial charge in [0.05, 0.1) is 9.79 Å². The van der Waals surface area contributed by atoms with Gasteiger partial charge in [-0.05, 0) is 37.1 Å². The molecule has 1 heterocycles. The molecular weight excluding hydrogens is 232 g/mol. The first kappa shape index (κ1) is 10.5. The van der Waals surface area contributed by atoms with Gasteiger partial charge in [-0.1, -0.05) is 24.3 Å². The third-order valence-corrected chi connectivity index (χ3v) is 5.02. The fraction of sp³-hybridized carbons (Fsp3) is 0.143. The fourth-order valence-corrected chi connectivity index (χ4v) is 4.35. The summed E-state index contributed by atoms with van der Waals surface area (Å²) in [4.78, 5) is 0.889. The van der Waals surface area contributed by atoms with Crippen LogP contribution in [-0.2, 0) is 9.84 Å². The van der Waals surface area contributed by atoms with Crippen LogP contribution in [0.2, 0.25) is 0 Å². The molecule has 0 aliphatic carbocycles. The largest absolute Gasteiger partial charge is 0.218 e. The normalized spacial score (nSPS) is 15.4. The van der Waals surface area contributed by atoms with E-state index in [-0.39, 0.29) is 0 Å². The van der Waals surface area contributed by atoms with E-state index < -0.39 is 9.84 Å². The molecule has 0 unspecified atom stereocenters. The monoisotopic (exact) mass is 244 g/mol. The minimum atomic E-state index is -3.31. The number of hydrogen-bond donors (Lipinski definition) is 0. The van der Waals surface area contributed by atoms with Crippen molar-refractivity contribution in [2.45, 2.75) is 23.6 Å². The molecule has 0 amide bonds. The Labute approximate surface area is 101 Å². The molecule has 3 heteroatoms. The van der Waals surface area contributed by atoms with E-state index in [0.29, 0.717) is 9.79 Å². The fourth-order valence-electron chi connectivity index (χ4n) is 2.51. The number of benzene rings is 2. The zero-order valence-corrected chi connectivity index (χ0v) is 10.5. The second-order valence-corrected chi connectivity index (χ2v) is 6.34. The summed E-state index contributed by atoms with van der Waals surface area (Å²) in [5.41, 5.74) is 3.71. The molecule has 0 saturated carbocycles. The lowest BCUT2D eigenvalue weighted by Gasteiger charge is -2.05. The summed E-state index contributed by atoms with van der Waals surface area (Å²) >= 11 is 0. The van der Waals surface area contributed by atoms with Crippen molar-refractivity contribution in [1.29, 1.82) is 0 Å². The highest BCUT2D eigenvalue weighted by atomic mass is 32.2. The molecule has 0 N–H and O–H groups in total. The van der Waals surface area contributed by atoms with Gasteiger partial charge in [0.2, 0.25) is 9.84 Å². The molecule has 86 valence electrons. The van der Waals surface area contributed by atoms with Crippen LogP contribution in [0.15, 0.2) is 46.2 Å². The number of hydrogen-bond acceptors (Lipinski definition) is 2. The molecule has 2 aromatic rings. The molecule has 17 heavy (non-hydrogen) atoms. The van der Waals surface area contributed by atoms with Crippen LogP contribution in [0, 0.1) is 13.8 Å². The summed E-state index contributed by atoms with van der Waals surface area (Å²) in [6, 6.07) is 11.0. The Morgan fingerprint density at radius 2 is 1.65 bits per heavy atom. The predicted octanol–water partition coefficient (Wildman–Crippen LogP) is 3.12. The van der Waals surface area contributed by atoms with Gasteiger partial charge < -0.3 is 0 Å². The van der Waals surface area contributed by atoms with Crippen molar-refractivity contribution in [1.82, 2.24) is 0 Å². The Bertz CT molecular complexity index is 728. The summed E-state index contributed by atoms with van der Waals surface area (Å²) in [6.07, 6.45) is 0. The van der Waals surface area contributed by atoms with Gasteiger partial charge >= 0.3 is 0 Å². The van der Waals surface area contributed by atoms with Crippen LogP contribution in [0.3, 0.4) is 0 Å². The van der Waals surface area contributed by atoms with Gasteiger partial charge in [-0.3, -0.25) is 0 Å². The van der Waals surface area contributed by atoms with Crippen molar-refractivity contribution >= 4 is 9.84 Å². The summed E-state index contributed by atoms with van der Waals surface area (Å²) in [5, 5.41) is 0. The maximum atomic E-state index is 12.4. The summed E-state index contributed by atoms with van der Waals surface area (Å²) < 4.78 is 24.8. The summed E-state index contributed by atoms with van der Waals surface area (Å²) in [5.74, 6) is 0. The van der Waals surface area contributed by atoms with E-state index in [9.17, 15) is 8.42 Å². The third-order valence-electron chi connectivity index (χ3n) is 3.18. The van der Waals surface area contributed by atoms with Crippen molar-refractivity contribution in [3.63, 3.8) is 0 Å². The molecule has 1 aliphatic heterocycles. The minimum absolute atomic E-state index is 0.434. The summed E-state index contributed by atoms with van der Waals surface area (Å²) in [6.45, 7) is 3.88. The molecule has 0 aromatic heterocycles. The molecule has 2 nitrogen and oxygen atoms in total. The predicted molar refractivity (Wildman–Crippen MR) is 66.8 cm³/mol. The maximum Gasteiger partial charge on any atom is 0.207 e. The zero-order valence-electron chi connectivity index (χ0n) is 9.69. The highest BCUT2D eigenvalue weighted by Gasteiger charge is 2.33. The van der Waals surface area contributed by atoms with E-state index in [1.807, 2.05) is 32.0 Å². The molecule has 0 saturated heterocycles. The van der Waals surface area contributed by atoms with Crippen LogP contribution in [0.1, 0.15) is 11.1 Å². The molecule has 0 bridgehead atoms. The van der Waals surface area contributed by atoms with Gasteiger partial charge in [-0.15, -0.1) is 0 Å². The highest BCUT2D eigenvalue weighted by molar-refractivity contribution is 7.92. The van der Waals surface area contributed by atoms with Gasteiger partial charge in [0.25, 0.3) is 0 Å². The van der Waals surface area contributed by atoms with Crippen LogP contribution in [-0.4, -0.2) is 8.42 Å². The van der Waals surface area contributed by atoms with Crippen LogP contribution in [0.25, 0.3) is 11.1 Å². The average Bonchev–Trinajstić information content (AvgIpc) is 2.49. The second kappa shape index (κ2) is 3.20. The standard InChI is InChI=1S/C14H12O2S/c1-9-7-10(2)14-11-5-3-4-6-12(11)17(15,16)13(14)8-9/h3-8H,1-2H3. The van der Waals surface area contributed by atoms with Crippen molar-refractivity contribution in [2.24, 2.45) is 0 Å². The van der Waals surface area contributed by atoms with Crippen LogP contribution < -0.4 is 0 Å².